The van der Waals surface area contributed by atoms with Gasteiger partial charge in [-0.3, -0.25) is 15.4 Å². The second-order valence-corrected chi connectivity index (χ2v) is 6.37. The van der Waals surface area contributed by atoms with Crippen molar-refractivity contribution in [3.8, 4) is 0 Å². The fourth-order valence-corrected chi connectivity index (χ4v) is 3.48. The van der Waals surface area contributed by atoms with Gasteiger partial charge in [-0.1, -0.05) is 50.3 Å². The van der Waals surface area contributed by atoms with Crippen LogP contribution in [0.5, 0.6) is 0 Å². The molecular weight excluding hydrogens is 320 g/mol. The van der Waals surface area contributed by atoms with E-state index in [1.165, 1.54) is 36.8 Å². The lowest BCUT2D eigenvalue weighted by Gasteiger charge is -2.31. The van der Waals surface area contributed by atoms with Crippen molar-refractivity contribution in [3.05, 3.63) is 60.4 Å². The SMILES string of the molecule is C=CC=N/C(=C\C)[C@@H]1NN=C(C(/C=C\C=C)=NC)C2=C1CCCCCC2. The Morgan fingerprint density at radius 3 is 2.58 bits per heavy atom. The van der Waals surface area contributed by atoms with E-state index in [2.05, 4.69) is 28.6 Å². The van der Waals surface area contributed by atoms with Gasteiger partial charge in [0, 0.05) is 13.3 Å². The molecule has 2 rings (SSSR count). The lowest BCUT2D eigenvalue weighted by molar-refractivity contribution is 0.557. The third kappa shape index (κ3) is 4.78. The van der Waals surface area contributed by atoms with Crippen LogP contribution in [0.25, 0.3) is 0 Å². The van der Waals surface area contributed by atoms with Crippen molar-refractivity contribution in [1.29, 1.82) is 0 Å². The Bertz CT molecular complexity index is 702. The summed E-state index contributed by atoms with van der Waals surface area (Å²) >= 11 is 0. The Morgan fingerprint density at radius 1 is 1.15 bits per heavy atom. The minimum absolute atomic E-state index is 0.0227. The van der Waals surface area contributed by atoms with Crippen LogP contribution in [0.15, 0.2) is 75.5 Å². The molecule has 0 radical (unpaired) electrons. The van der Waals surface area contributed by atoms with Crippen LogP contribution >= 0.6 is 0 Å². The van der Waals surface area contributed by atoms with Gasteiger partial charge in [-0.05, 0) is 49.8 Å². The zero-order chi connectivity index (χ0) is 18.8. The van der Waals surface area contributed by atoms with E-state index in [0.717, 1.165) is 30.0 Å². The Labute approximate surface area is 157 Å². The van der Waals surface area contributed by atoms with Crippen LogP contribution in [0, 0.1) is 0 Å². The molecular formula is C22H30N4. The largest absolute Gasteiger partial charge is 0.296 e. The second kappa shape index (κ2) is 10.5. The van der Waals surface area contributed by atoms with Gasteiger partial charge in [0.05, 0.1) is 11.4 Å². The van der Waals surface area contributed by atoms with Crippen LogP contribution in [0.2, 0.25) is 0 Å². The van der Waals surface area contributed by atoms with Crippen LogP contribution in [-0.2, 0) is 0 Å². The first-order chi connectivity index (χ1) is 12.8. The maximum atomic E-state index is 4.72. The van der Waals surface area contributed by atoms with Gasteiger partial charge in [0.2, 0.25) is 0 Å². The monoisotopic (exact) mass is 350 g/mol. The first-order valence-corrected chi connectivity index (χ1v) is 9.39. The lowest BCUT2D eigenvalue weighted by Crippen LogP contribution is -2.38. The van der Waals surface area contributed by atoms with Gasteiger partial charge >= 0.3 is 0 Å². The van der Waals surface area contributed by atoms with Crippen molar-refractivity contribution in [2.45, 2.75) is 51.5 Å². The summed E-state index contributed by atoms with van der Waals surface area (Å²) in [6.07, 6.45) is 18.2. The minimum Gasteiger partial charge on any atom is -0.296 e. The van der Waals surface area contributed by atoms with E-state index >= 15 is 0 Å². The molecule has 0 saturated heterocycles. The summed E-state index contributed by atoms with van der Waals surface area (Å²) in [5.41, 5.74) is 8.90. The summed E-state index contributed by atoms with van der Waals surface area (Å²) in [7, 11) is 1.81. The van der Waals surface area contributed by atoms with E-state index in [4.69, 9.17) is 5.10 Å². The maximum absolute atomic E-state index is 4.72. The first-order valence-electron chi connectivity index (χ1n) is 9.39. The van der Waals surface area contributed by atoms with Crippen molar-refractivity contribution >= 4 is 17.6 Å². The number of rotatable bonds is 6. The van der Waals surface area contributed by atoms with Gasteiger partial charge in [0.1, 0.15) is 11.8 Å². The Kier molecular flexibility index (Phi) is 8.00. The van der Waals surface area contributed by atoms with Gasteiger partial charge in [-0.25, -0.2) is 0 Å². The molecule has 0 aromatic carbocycles. The molecule has 26 heavy (non-hydrogen) atoms. The van der Waals surface area contributed by atoms with Crippen molar-refractivity contribution in [2.75, 3.05) is 7.05 Å². The van der Waals surface area contributed by atoms with Crippen LogP contribution in [0.1, 0.15) is 45.4 Å². The summed E-state index contributed by atoms with van der Waals surface area (Å²) in [6.45, 7) is 9.50. The summed E-state index contributed by atoms with van der Waals surface area (Å²) in [5.74, 6) is 0. The van der Waals surface area contributed by atoms with Crippen LogP contribution in [0.3, 0.4) is 0 Å². The summed E-state index contributed by atoms with van der Waals surface area (Å²) in [4.78, 5) is 9.02. The number of allylic oxidation sites excluding steroid dienone is 6. The topological polar surface area (TPSA) is 49.1 Å². The number of nitrogens with zero attached hydrogens (tertiary/aromatic N) is 3. The molecule has 2 aliphatic rings. The quantitative estimate of drug-likeness (QED) is 0.535. The highest BCUT2D eigenvalue weighted by Gasteiger charge is 2.29. The molecule has 1 heterocycles. The van der Waals surface area contributed by atoms with E-state index in [1.807, 2.05) is 32.2 Å². The molecule has 0 bridgehead atoms. The maximum Gasteiger partial charge on any atom is 0.111 e. The van der Waals surface area contributed by atoms with Crippen molar-refractivity contribution in [3.63, 3.8) is 0 Å². The molecule has 4 heteroatoms. The highest BCUT2D eigenvalue weighted by Crippen LogP contribution is 2.32. The first kappa shape index (κ1) is 19.8. The number of aliphatic imine (C=N–C) groups is 2. The predicted molar refractivity (Wildman–Crippen MR) is 114 cm³/mol. The Hall–Kier alpha value is -2.49. The molecule has 1 aliphatic heterocycles. The van der Waals surface area contributed by atoms with E-state index in [1.54, 1.807) is 18.4 Å². The van der Waals surface area contributed by atoms with Crippen LogP contribution in [-0.4, -0.2) is 30.7 Å². The van der Waals surface area contributed by atoms with Crippen LogP contribution < -0.4 is 5.43 Å². The van der Waals surface area contributed by atoms with Crippen molar-refractivity contribution in [2.24, 2.45) is 15.1 Å². The fraction of sp³-hybridized carbons (Fsp3) is 0.409. The summed E-state index contributed by atoms with van der Waals surface area (Å²) < 4.78 is 0. The third-order valence-electron chi connectivity index (χ3n) is 4.74. The summed E-state index contributed by atoms with van der Waals surface area (Å²) in [6, 6.07) is 0.0227. The average molecular weight is 351 g/mol. The number of hydrogen-bond donors (Lipinski definition) is 1. The molecule has 0 aromatic rings. The zero-order valence-electron chi connectivity index (χ0n) is 16.0. The van der Waals surface area contributed by atoms with Gasteiger partial charge in [0.25, 0.3) is 0 Å². The van der Waals surface area contributed by atoms with E-state index in [-0.39, 0.29) is 6.04 Å². The average Bonchev–Trinajstić information content (AvgIpc) is 2.64. The molecule has 0 aromatic heterocycles. The molecule has 1 N–H and O–H groups in total. The second-order valence-electron chi connectivity index (χ2n) is 6.37. The fourth-order valence-electron chi connectivity index (χ4n) is 3.48. The van der Waals surface area contributed by atoms with E-state index < -0.39 is 0 Å². The standard InChI is InChI=1S/C22H30N4/c1-5-8-15-20(23-4)22-18-14-12-10-9-11-13-17(18)21(25-26-22)19(7-3)24-16-6-2/h5-8,15-16,21,25H,1-2,9-14H2,3-4H3/b15-8-,19-7-,23-20?,24-16?/t21-/m1/s1. The van der Waals surface area contributed by atoms with Crippen molar-refractivity contribution in [1.82, 2.24) is 5.43 Å². The van der Waals surface area contributed by atoms with Gasteiger partial charge in [-0.15, -0.1) is 0 Å². The normalized spacial score (nSPS) is 22.5. The smallest absolute Gasteiger partial charge is 0.111 e. The molecule has 0 fully saturated rings. The lowest BCUT2D eigenvalue weighted by atomic mass is 9.84. The molecule has 1 aliphatic carbocycles. The molecule has 4 nitrogen and oxygen atoms in total. The van der Waals surface area contributed by atoms with E-state index in [9.17, 15) is 0 Å². The Morgan fingerprint density at radius 2 is 1.92 bits per heavy atom. The molecule has 0 saturated carbocycles. The minimum atomic E-state index is 0.0227. The highest BCUT2D eigenvalue weighted by molar-refractivity contribution is 6.52. The Balaban J connectivity index is 2.49. The third-order valence-corrected chi connectivity index (χ3v) is 4.74. The van der Waals surface area contributed by atoms with Gasteiger partial charge in [-0.2, -0.15) is 5.10 Å². The molecule has 0 unspecified atom stereocenters. The summed E-state index contributed by atoms with van der Waals surface area (Å²) in [5, 5.41) is 4.72. The number of hydrazone groups is 1. The predicted octanol–water partition coefficient (Wildman–Crippen LogP) is 4.94. The number of nitrogens with one attached hydrogen (secondary N) is 1. The molecule has 0 spiro atoms. The molecule has 0 amide bonds. The molecule has 138 valence electrons. The van der Waals surface area contributed by atoms with E-state index in [0.29, 0.717) is 0 Å². The zero-order valence-corrected chi connectivity index (χ0v) is 16.0. The van der Waals surface area contributed by atoms with Crippen molar-refractivity contribution < 1.29 is 0 Å². The van der Waals surface area contributed by atoms with Gasteiger partial charge in [0.15, 0.2) is 0 Å². The molecule has 1 atom stereocenters. The number of hydrogen-bond acceptors (Lipinski definition) is 4. The highest BCUT2D eigenvalue weighted by atomic mass is 15.3. The van der Waals surface area contributed by atoms with Crippen LogP contribution in [0.4, 0.5) is 0 Å². The van der Waals surface area contributed by atoms with Gasteiger partial charge < -0.3 is 0 Å².